The van der Waals surface area contributed by atoms with Crippen LogP contribution in [0.4, 0.5) is 9.18 Å². The number of nitrogens with zero attached hydrogens (tertiary/aromatic N) is 3. The van der Waals surface area contributed by atoms with Gasteiger partial charge >= 0.3 is 6.09 Å². The van der Waals surface area contributed by atoms with Crippen LogP contribution in [0, 0.1) is 18.7 Å². The minimum Gasteiger partial charge on any atom is -0.490 e. The molecular formula is C32H34FN3O3. The molecule has 202 valence electrons. The molecule has 0 radical (unpaired) electrons. The zero-order valence-electron chi connectivity index (χ0n) is 22.9. The molecular weight excluding hydrogens is 493 g/mol. The van der Waals surface area contributed by atoms with Crippen molar-refractivity contribution >= 4 is 17.0 Å². The number of carbonyl (C=O) groups is 1. The lowest BCUT2D eigenvalue weighted by Gasteiger charge is -2.32. The molecule has 2 heterocycles. The Bertz CT molecular complexity index is 1510. The number of aromatic nitrogens is 2. The molecule has 0 bridgehead atoms. The molecule has 0 N–H and O–H groups in total. The van der Waals surface area contributed by atoms with Gasteiger partial charge in [-0.05, 0) is 106 Å². The van der Waals surface area contributed by atoms with E-state index in [9.17, 15) is 9.18 Å². The molecule has 1 aliphatic heterocycles. The summed E-state index contributed by atoms with van der Waals surface area (Å²) in [4.78, 5) is 15.0. The zero-order valence-corrected chi connectivity index (χ0v) is 22.9. The third-order valence-corrected chi connectivity index (χ3v) is 8.05. The predicted octanol–water partition coefficient (Wildman–Crippen LogP) is 6.82. The van der Waals surface area contributed by atoms with Gasteiger partial charge in [0.05, 0.1) is 23.5 Å². The van der Waals surface area contributed by atoms with Crippen LogP contribution in [0.2, 0.25) is 0 Å². The number of para-hydroxylation sites is 1. The maximum Gasteiger partial charge on any atom is 0.410 e. The van der Waals surface area contributed by atoms with Gasteiger partial charge in [0.15, 0.2) is 0 Å². The Balaban J connectivity index is 1.37. The highest BCUT2D eigenvalue weighted by Gasteiger charge is 2.56. The van der Waals surface area contributed by atoms with E-state index in [0.717, 1.165) is 40.7 Å². The smallest absolute Gasteiger partial charge is 0.410 e. The van der Waals surface area contributed by atoms with E-state index in [2.05, 4.69) is 24.2 Å². The molecule has 2 aliphatic rings. The summed E-state index contributed by atoms with van der Waals surface area (Å²) in [5.74, 6) is 0.833. The van der Waals surface area contributed by atoms with Gasteiger partial charge in [0, 0.05) is 23.9 Å². The first-order valence-corrected chi connectivity index (χ1v) is 13.6. The summed E-state index contributed by atoms with van der Waals surface area (Å²) in [7, 11) is 0. The van der Waals surface area contributed by atoms with Crippen LogP contribution in [0.1, 0.15) is 44.7 Å². The summed E-state index contributed by atoms with van der Waals surface area (Å²) in [6.45, 7) is 9.05. The van der Waals surface area contributed by atoms with E-state index in [1.54, 1.807) is 12.1 Å². The molecule has 1 aliphatic carbocycles. The second-order valence-corrected chi connectivity index (χ2v) is 12.0. The first-order chi connectivity index (χ1) is 18.6. The number of halogens is 1. The Morgan fingerprint density at radius 1 is 1.08 bits per heavy atom. The van der Waals surface area contributed by atoms with Crippen molar-refractivity contribution in [1.29, 1.82) is 0 Å². The molecule has 6 rings (SSSR count). The van der Waals surface area contributed by atoms with Crippen molar-refractivity contribution in [1.82, 2.24) is 14.7 Å². The monoisotopic (exact) mass is 527 g/mol. The highest BCUT2D eigenvalue weighted by Crippen LogP contribution is 2.53. The van der Waals surface area contributed by atoms with Gasteiger partial charge in [0.2, 0.25) is 0 Å². The van der Waals surface area contributed by atoms with Crippen molar-refractivity contribution in [3.05, 3.63) is 89.9 Å². The maximum absolute atomic E-state index is 13.5. The summed E-state index contributed by atoms with van der Waals surface area (Å²) in [6, 6.07) is 20.7. The molecule has 1 aromatic heterocycles. The number of fused-ring (bicyclic) bond motifs is 2. The van der Waals surface area contributed by atoms with E-state index in [-0.39, 0.29) is 29.3 Å². The topological polar surface area (TPSA) is 56.6 Å². The van der Waals surface area contributed by atoms with Crippen LogP contribution in [0.15, 0.2) is 72.9 Å². The van der Waals surface area contributed by atoms with Crippen LogP contribution in [0.3, 0.4) is 0 Å². The zero-order chi connectivity index (χ0) is 27.4. The minimum absolute atomic E-state index is 0.0511. The predicted molar refractivity (Wildman–Crippen MR) is 149 cm³/mol. The van der Waals surface area contributed by atoms with Gasteiger partial charge < -0.3 is 14.4 Å². The lowest BCUT2D eigenvalue weighted by molar-refractivity contribution is 0.0267. The van der Waals surface area contributed by atoms with Crippen molar-refractivity contribution < 1.29 is 18.7 Å². The fraction of sp³-hybridized carbons (Fsp3) is 0.375. The summed E-state index contributed by atoms with van der Waals surface area (Å²) in [6.07, 6.45) is 3.32. The second kappa shape index (κ2) is 9.40. The largest absolute Gasteiger partial charge is 0.490 e. The van der Waals surface area contributed by atoms with Gasteiger partial charge in [-0.25, -0.2) is 13.9 Å². The SMILES string of the molecule is Cc1cc2c(cnn2-c2ccc(F)cc2)cc1C12CC(Oc3ccccc3)CC1CN(C(=O)OC(C)(C)C)C2. The van der Waals surface area contributed by atoms with Crippen LogP contribution in [-0.2, 0) is 10.2 Å². The Morgan fingerprint density at radius 2 is 1.82 bits per heavy atom. The summed E-state index contributed by atoms with van der Waals surface area (Å²) in [5.41, 5.74) is 3.33. The molecule has 1 saturated heterocycles. The van der Waals surface area contributed by atoms with Crippen LogP contribution < -0.4 is 4.74 Å². The lowest BCUT2D eigenvalue weighted by Crippen LogP contribution is -2.39. The second-order valence-electron chi connectivity index (χ2n) is 12.0. The van der Waals surface area contributed by atoms with E-state index in [1.165, 1.54) is 17.7 Å². The average molecular weight is 528 g/mol. The van der Waals surface area contributed by atoms with Crippen molar-refractivity contribution in [2.45, 2.75) is 57.7 Å². The van der Waals surface area contributed by atoms with Crippen molar-refractivity contribution in [2.75, 3.05) is 13.1 Å². The minimum atomic E-state index is -0.551. The van der Waals surface area contributed by atoms with Crippen LogP contribution in [0.25, 0.3) is 16.6 Å². The number of hydrogen-bond donors (Lipinski definition) is 0. The van der Waals surface area contributed by atoms with Crippen LogP contribution >= 0.6 is 0 Å². The van der Waals surface area contributed by atoms with Gasteiger partial charge in [-0.15, -0.1) is 0 Å². The summed E-state index contributed by atoms with van der Waals surface area (Å²) in [5, 5.41) is 5.64. The first kappa shape index (κ1) is 25.4. The molecule has 7 heteroatoms. The molecule has 3 unspecified atom stereocenters. The Kier molecular flexibility index (Phi) is 6.12. The Labute approximate surface area is 228 Å². The number of amides is 1. The number of likely N-dealkylation sites (tertiary alicyclic amines) is 1. The quantitative estimate of drug-likeness (QED) is 0.292. The summed E-state index contributed by atoms with van der Waals surface area (Å²) < 4.78 is 27.6. The number of aryl methyl sites for hydroxylation is 1. The molecule has 4 aromatic rings. The third kappa shape index (κ3) is 4.75. The van der Waals surface area contributed by atoms with Crippen molar-refractivity contribution in [2.24, 2.45) is 5.92 Å². The maximum atomic E-state index is 13.5. The van der Waals surface area contributed by atoms with Crippen molar-refractivity contribution in [3.63, 3.8) is 0 Å². The fourth-order valence-corrected chi connectivity index (χ4v) is 6.48. The van der Waals surface area contributed by atoms with Crippen LogP contribution in [-0.4, -0.2) is 45.6 Å². The molecule has 0 spiro atoms. The normalized spacial score (nSPS) is 22.7. The van der Waals surface area contributed by atoms with Crippen molar-refractivity contribution in [3.8, 4) is 11.4 Å². The molecule has 1 saturated carbocycles. The molecule has 1 amide bonds. The molecule has 2 fully saturated rings. The van der Waals surface area contributed by atoms with Gasteiger partial charge in [0.1, 0.15) is 17.2 Å². The molecule has 3 atom stereocenters. The van der Waals surface area contributed by atoms with E-state index < -0.39 is 5.60 Å². The molecule has 39 heavy (non-hydrogen) atoms. The first-order valence-electron chi connectivity index (χ1n) is 13.6. The number of rotatable bonds is 4. The average Bonchev–Trinajstić information content (AvgIpc) is 3.54. The Morgan fingerprint density at radius 3 is 2.54 bits per heavy atom. The van der Waals surface area contributed by atoms with E-state index in [0.29, 0.717) is 13.1 Å². The Hall–Kier alpha value is -3.87. The van der Waals surface area contributed by atoms with Gasteiger partial charge in [0.25, 0.3) is 0 Å². The summed E-state index contributed by atoms with van der Waals surface area (Å²) >= 11 is 0. The van der Waals surface area contributed by atoms with E-state index >= 15 is 0 Å². The highest BCUT2D eigenvalue weighted by atomic mass is 19.1. The number of ether oxygens (including phenoxy) is 2. The van der Waals surface area contributed by atoms with Crippen LogP contribution in [0.5, 0.6) is 5.75 Å². The fourth-order valence-electron chi connectivity index (χ4n) is 6.48. The third-order valence-electron chi connectivity index (χ3n) is 8.05. The van der Waals surface area contributed by atoms with Gasteiger partial charge in [-0.3, -0.25) is 0 Å². The van der Waals surface area contributed by atoms with E-state index in [1.807, 2.05) is 66.9 Å². The lowest BCUT2D eigenvalue weighted by atomic mass is 9.72. The number of benzene rings is 3. The molecule has 3 aromatic carbocycles. The van der Waals surface area contributed by atoms with Gasteiger partial charge in [-0.2, -0.15) is 5.10 Å². The molecule has 6 nitrogen and oxygen atoms in total. The number of carbonyl (C=O) groups excluding carboxylic acids is 1. The van der Waals surface area contributed by atoms with E-state index in [4.69, 9.17) is 9.47 Å². The van der Waals surface area contributed by atoms with Gasteiger partial charge in [-0.1, -0.05) is 18.2 Å². The highest BCUT2D eigenvalue weighted by molar-refractivity contribution is 5.83. The standard InChI is InChI=1S/C32H34FN3O3/c1-21-14-29-22(18-34-36(29)25-12-10-24(33)11-13-25)15-28(21)32-17-27(38-26-8-6-5-7-9-26)16-23(32)19-35(20-32)30(37)39-31(2,3)4/h5-15,18,23,27H,16-17,19-20H2,1-4H3. The number of hydrogen-bond acceptors (Lipinski definition) is 4.